The van der Waals surface area contributed by atoms with Crippen LogP contribution in [0.4, 0.5) is 0 Å². The topological polar surface area (TPSA) is 32.9 Å². The van der Waals surface area contributed by atoms with E-state index in [9.17, 15) is 4.79 Å². The molecule has 3 heteroatoms. The Morgan fingerprint density at radius 2 is 2.05 bits per heavy atom. The third-order valence-corrected chi connectivity index (χ3v) is 3.67. The van der Waals surface area contributed by atoms with Crippen molar-refractivity contribution in [2.24, 2.45) is 11.3 Å². The molecule has 108 valence electrons. The molecule has 0 spiro atoms. The third-order valence-electron chi connectivity index (χ3n) is 3.44. The van der Waals surface area contributed by atoms with Gasteiger partial charge in [-0.25, -0.2) is 0 Å². The summed E-state index contributed by atoms with van der Waals surface area (Å²) < 4.78 is 0. The van der Waals surface area contributed by atoms with Gasteiger partial charge in [-0.2, -0.15) is 0 Å². The van der Waals surface area contributed by atoms with E-state index in [1.54, 1.807) is 6.20 Å². The summed E-state index contributed by atoms with van der Waals surface area (Å²) in [5.74, 6) is 0.571. The minimum Gasteiger partial charge on any atom is -0.360 e. The van der Waals surface area contributed by atoms with Crippen molar-refractivity contribution >= 4 is 28.3 Å². The molecule has 2 nitrogen and oxygen atoms in total. The van der Waals surface area contributed by atoms with Crippen molar-refractivity contribution in [1.29, 1.82) is 0 Å². The van der Waals surface area contributed by atoms with Gasteiger partial charge in [-0.05, 0) is 36.0 Å². The van der Waals surface area contributed by atoms with Crippen molar-refractivity contribution in [2.45, 2.75) is 40.5 Å². The summed E-state index contributed by atoms with van der Waals surface area (Å²) in [6, 6.07) is 5.60. The van der Waals surface area contributed by atoms with Crippen LogP contribution in [0.5, 0.6) is 0 Å². The van der Waals surface area contributed by atoms with Crippen LogP contribution in [0.15, 0.2) is 24.4 Å². The third kappa shape index (κ3) is 3.63. The fourth-order valence-corrected chi connectivity index (χ4v) is 3.04. The molecule has 0 fully saturated rings. The molecule has 1 aromatic carbocycles. The van der Waals surface area contributed by atoms with Gasteiger partial charge in [0.1, 0.15) is 0 Å². The number of nitrogens with one attached hydrogen (secondary N) is 1. The fraction of sp³-hybridized carbons (Fsp3) is 0.471. The monoisotopic (exact) mass is 291 g/mol. The summed E-state index contributed by atoms with van der Waals surface area (Å²) in [5.41, 5.74) is 1.97. The van der Waals surface area contributed by atoms with Crippen LogP contribution >= 0.6 is 11.6 Å². The largest absolute Gasteiger partial charge is 0.360 e. The lowest BCUT2D eigenvalue weighted by molar-refractivity contribution is 0.0956. The fourth-order valence-electron chi connectivity index (χ4n) is 2.87. The van der Waals surface area contributed by atoms with Crippen molar-refractivity contribution in [3.05, 3.63) is 35.0 Å². The van der Waals surface area contributed by atoms with Gasteiger partial charge in [-0.1, -0.05) is 39.3 Å². The molecule has 2 aromatic rings. The van der Waals surface area contributed by atoms with E-state index in [0.29, 0.717) is 17.4 Å². The number of benzene rings is 1. The zero-order valence-corrected chi connectivity index (χ0v) is 13.3. The van der Waals surface area contributed by atoms with E-state index >= 15 is 0 Å². The standard InChI is InChI=1S/C17H22ClNO/c1-11(9-17(2,3)4)7-16(20)14-10-19-15-6-5-12(18)8-13(14)15/h5-6,8,10-11,19H,7,9H2,1-4H3. The maximum atomic E-state index is 12.5. The smallest absolute Gasteiger partial charge is 0.165 e. The number of Topliss-reactive ketones (excluding diaryl/α,β-unsaturated/α-hetero) is 1. The van der Waals surface area contributed by atoms with Gasteiger partial charge in [-0.3, -0.25) is 4.79 Å². The first kappa shape index (κ1) is 15.1. The molecule has 0 aliphatic heterocycles. The molecule has 2 rings (SSSR count). The molecule has 1 heterocycles. The van der Waals surface area contributed by atoms with Crippen LogP contribution in [-0.2, 0) is 0 Å². The molecule has 0 radical (unpaired) electrons. The Morgan fingerprint density at radius 1 is 1.35 bits per heavy atom. The maximum Gasteiger partial charge on any atom is 0.165 e. The average Bonchev–Trinajstić information content (AvgIpc) is 2.68. The number of aromatic nitrogens is 1. The van der Waals surface area contributed by atoms with E-state index in [2.05, 4.69) is 32.7 Å². The number of fused-ring (bicyclic) bond motifs is 1. The van der Waals surface area contributed by atoms with Crippen molar-refractivity contribution in [3.8, 4) is 0 Å². The number of carbonyl (C=O) groups excluding carboxylic acids is 1. The van der Waals surface area contributed by atoms with Crippen LogP contribution in [0.1, 0.15) is 50.9 Å². The second-order valence-corrected chi connectivity index (χ2v) is 7.33. The van der Waals surface area contributed by atoms with Crippen LogP contribution in [0.2, 0.25) is 5.02 Å². The molecule has 1 aromatic heterocycles. The number of halogens is 1. The zero-order valence-electron chi connectivity index (χ0n) is 12.6. The SMILES string of the molecule is CC(CC(=O)c1c[nH]c2ccc(Cl)cc12)CC(C)(C)C. The molecule has 0 saturated heterocycles. The van der Waals surface area contributed by atoms with E-state index in [1.165, 1.54) is 0 Å². The second kappa shape index (κ2) is 5.61. The number of aromatic amines is 1. The Hall–Kier alpha value is -1.28. The zero-order chi connectivity index (χ0) is 14.9. The Balaban J connectivity index is 2.17. The summed E-state index contributed by atoms with van der Waals surface area (Å²) >= 11 is 6.02. The molecule has 0 aliphatic carbocycles. The summed E-state index contributed by atoms with van der Waals surface area (Å²) in [4.78, 5) is 15.6. The quantitative estimate of drug-likeness (QED) is 0.745. The Labute approximate surface area is 125 Å². The lowest BCUT2D eigenvalue weighted by Gasteiger charge is -2.22. The second-order valence-electron chi connectivity index (χ2n) is 6.89. The minimum absolute atomic E-state index is 0.190. The first-order valence-corrected chi connectivity index (χ1v) is 7.44. The van der Waals surface area contributed by atoms with Crippen molar-refractivity contribution in [1.82, 2.24) is 4.98 Å². The maximum absolute atomic E-state index is 12.5. The molecule has 0 aliphatic rings. The molecule has 0 saturated carbocycles. The van der Waals surface area contributed by atoms with Gasteiger partial charge >= 0.3 is 0 Å². The Morgan fingerprint density at radius 3 is 2.70 bits per heavy atom. The number of rotatable bonds is 4. The van der Waals surface area contributed by atoms with Crippen molar-refractivity contribution < 1.29 is 4.79 Å². The first-order chi connectivity index (χ1) is 9.26. The van der Waals surface area contributed by atoms with Crippen LogP contribution in [0.3, 0.4) is 0 Å². The van der Waals surface area contributed by atoms with E-state index in [1.807, 2.05) is 18.2 Å². The number of ketones is 1. The van der Waals surface area contributed by atoms with Crippen molar-refractivity contribution in [3.63, 3.8) is 0 Å². The van der Waals surface area contributed by atoms with Gasteiger partial charge in [0, 0.05) is 34.1 Å². The van der Waals surface area contributed by atoms with Crippen molar-refractivity contribution in [2.75, 3.05) is 0 Å². The Bertz CT molecular complexity index is 621. The van der Waals surface area contributed by atoms with Gasteiger partial charge in [0.05, 0.1) is 0 Å². The highest BCUT2D eigenvalue weighted by Crippen LogP contribution is 2.29. The lowest BCUT2D eigenvalue weighted by Crippen LogP contribution is -2.14. The predicted molar refractivity (Wildman–Crippen MR) is 85.5 cm³/mol. The van der Waals surface area contributed by atoms with Crippen LogP contribution in [-0.4, -0.2) is 10.8 Å². The molecule has 0 bridgehead atoms. The summed E-state index contributed by atoms with van der Waals surface area (Å²) in [6.45, 7) is 8.77. The molecule has 20 heavy (non-hydrogen) atoms. The highest BCUT2D eigenvalue weighted by atomic mass is 35.5. The predicted octanol–water partition coefficient (Wildman–Crippen LogP) is 5.47. The van der Waals surface area contributed by atoms with Gasteiger partial charge in [0.15, 0.2) is 5.78 Å². The summed E-state index contributed by atoms with van der Waals surface area (Å²) in [6.07, 6.45) is 3.42. The van der Waals surface area contributed by atoms with E-state index < -0.39 is 0 Å². The highest BCUT2D eigenvalue weighted by molar-refractivity contribution is 6.31. The minimum atomic E-state index is 0.190. The molecule has 0 amide bonds. The van der Waals surface area contributed by atoms with E-state index in [4.69, 9.17) is 11.6 Å². The average molecular weight is 292 g/mol. The normalized spacial score (nSPS) is 13.7. The molecule has 1 atom stereocenters. The number of H-pyrrole nitrogens is 1. The lowest BCUT2D eigenvalue weighted by atomic mass is 9.83. The Kier molecular flexibility index (Phi) is 4.24. The van der Waals surface area contributed by atoms with Crippen LogP contribution < -0.4 is 0 Å². The summed E-state index contributed by atoms with van der Waals surface area (Å²) in [7, 11) is 0. The van der Waals surface area contributed by atoms with E-state index in [0.717, 1.165) is 22.9 Å². The molecular formula is C17H22ClNO. The number of hydrogen-bond acceptors (Lipinski definition) is 1. The summed E-state index contributed by atoms with van der Waals surface area (Å²) in [5, 5.41) is 1.58. The van der Waals surface area contributed by atoms with Crippen LogP contribution in [0.25, 0.3) is 10.9 Å². The highest BCUT2D eigenvalue weighted by Gasteiger charge is 2.20. The molecular weight excluding hydrogens is 270 g/mol. The number of carbonyl (C=O) groups is 1. The van der Waals surface area contributed by atoms with Gasteiger partial charge < -0.3 is 4.98 Å². The van der Waals surface area contributed by atoms with Crippen LogP contribution in [0, 0.1) is 11.3 Å². The molecule has 1 N–H and O–H groups in total. The first-order valence-electron chi connectivity index (χ1n) is 7.06. The molecule has 1 unspecified atom stereocenters. The van der Waals surface area contributed by atoms with Gasteiger partial charge in [0.25, 0.3) is 0 Å². The number of hydrogen-bond donors (Lipinski definition) is 1. The van der Waals surface area contributed by atoms with E-state index in [-0.39, 0.29) is 11.2 Å². The van der Waals surface area contributed by atoms with Gasteiger partial charge in [-0.15, -0.1) is 0 Å². The van der Waals surface area contributed by atoms with Gasteiger partial charge in [0.2, 0.25) is 0 Å².